The summed E-state index contributed by atoms with van der Waals surface area (Å²) >= 11 is 2.77. The highest BCUT2D eigenvalue weighted by molar-refractivity contribution is 7.17. The zero-order chi connectivity index (χ0) is 14.7. The van der Waals surface area contributed by atoms with Crippen molar-refractivity contribution in [2.75, 3.05) is 12.4 Å². The monoisotopic (exact) mass is 309 g/mol. The summed E-state index contributed by atoms with van der Waals surface area (Å²) < 4.78 is 4.82. The van der Waals surface area contributed by atoms with Crippen LogP contribution in [0.3, 0.4) is 0 Å². The van der Waals surface area contributed by atoms with E-state index in [2.05, 4.69) is 5.32 Å². The first-order valence-corrected chi connectivity index (χ1v) is 7.83. The number of hydrogen-bond donors (Lipinski definition) is 1. The van der Waals surface area contributed by atoms with Gasteiger partial charge in [0.1, 0.15) is 5.00 Å². The van der Waals surface area contributed by atoms with Crippen LogP contribution < -0.4 is 5.32 Å². The second kappa shape index (κ2) is 6.19. The van der Waals surface area contributed by atoms with Gasteiger partial charge in [-0.25, -0.2) is 4.79 Å². The summed E-state index contributed by atoms with van der Waals surface area (Å²) in [6.07, 6.45) is 0.724. The summed E-state index contributed by atoms with van der Waals surface area (Å²) in [5, 5.41) is 5.21. The van der Waals surface area contributed by atoms with Crippen LogP contribution in [-0.2, 0) is 11.2 Å². The lowest BCUT2D eigenvalue weighted by atomic mass is 10.1. The number of methoxy groups -OCH3 is 1. The molecule has 0 aliphatic carbocycles. The van der Waals surface area contributed by atoms with Gasteiger partial charge < -0.3 is 10.1 Å². The highest BCUT2D eigenvalue weighted by atomic mass is 32.1. The quantitative estimate of drug-likeness (QED) is 0.876. The molecule has 0 aromatic carbocycles. The Morgan fingerprint density at radius 3 is 2.70 bits per heavy atom. The van der Waals surface area contributed by atoms with Crippen LogP contribution >= 0.6 is 22.7 Å². The molecule has 1 N–H and O–H groups in total. The standard InChI is InChI=1S/C14H15NO3S2/c1-4-9-8(2)20-13(11(9)14(17)18-3)15-12(16)10-6-5-7-19-10/h5-7H,4H2,1-3H3,(H,15,16). The van der Waals surface area contributed by atoms with Gasteiger partial charge in [0, 0.05) is 4.88 Å². The summed E-state index contributed by atoms with van der Waals surface area (Å²) in [5.74, 6) is -0.610. The van der Waals surface area contributed by atoms with E-state index >= 15 is 0 Å². The molecule has 2 aromatic heterocycles. The number of carbonyl (C=O) groups excluding carboxylic acids is 2. The second-order valence-electron chi connectivity index (χ2n) is 4.12. The van der Waals surface area contributed by atoms with Gasteiger partial charge in [-0.2, -0.15) is 0 Å². The van der Waals surface area contributed by atoms with Crippen molar-refractivity contribution >= 4 is 39.6 Å². The van der Waals surface area contributed by atoms with E-state index in [-0.39, 0.29) is 5.91 Å². The molecule has 20 heavy (non-hydrogen) atoms. The maximum absolute atomic E-state index is 12.1. The number of ether oxygens (including phenoxy) is 1. The van der Waals surface area contributed by atoms with Gasteiger partial charge in [-0.15, -0.1) is 22.7 Å². The zero-order valence-electron chi connectivity index (χ0n) is 11.5. The molecule has 0 spiro atoms. The number of esters is 1. The van der Waals surface area contributed by atoms with E-state index in [1.807, 2.05) is 25.3 Å². The third-order valence-electron chi connectivity index (χ3n) is 2.92. The van der Waals surface area contributed by atoms with Crippen LogP contribution in [0.1, 0.15) is 37.4 Å². The van der Waals surface area contributed by atoms with Gasteiger partial charge in [0.25, 0.3) is 5.91 Å². The normalized spacial score (nSPS) is 10.3. The molecule has 2 heterocycles. The Labute approximate surface area is 125 Å². The van der Waals surface area contributed by atoms with Crippen LogP contribution in [-0.4, -0.2) is 19.0 Å². The number of thiophene rings is 2. The van der Waals surface area contributed by atoms with Gasteiger partial charge in [-0.3, -0.25) is 4.79 Å². The number of nitrogens with one attached hydrogen (secondary N) is 1. The van der Waals surface area contributed by atoms with Crippen molar-refractivity contribution in [1.29, 1.82) is 0 Å². The van der Waals surface area contributed by atoms with Crippen molar-refractivity contribution in [2.45, 2.75) is 20.3 Å². The molecule has 0 saturated heterocycles. The Hall–Kier alpha value is -1.66. The highest BCUT2D eigenvalue weighted by Crippen LogP contribution is 2.34. The minimum atomic E-state index is -0.410. The van der Waals surface area contributed by atoms with Crippen molar-refractivity contribution in [3.05, 3.63) is 38.4 Å². The molecule has 1 amide bonds. The maximum atomic E-state index is 12.1. The van der Waals surface area contributed by atoms with Gasteiger partial charge in [-0.1, -0.05) is 13.0 Å². The van der Waals surface area contributed by atoms with Crippen molar-refractivity contribution in [2.24, 2.45) is 0 Å². The molecule has 0 bridgehead atoms. The fourth-order valence-electron chi connectivity index (χ4n) is 1.98. The lowest BCUT2D eigenvalue weighted by Gasteiger charge is -2.05. The molecule has 0 radical (unpaired) electrons. The lowest BCUT2D eigenvalue weighted by molar-refractivity contribution is 0.0601. The fourth-order valence-corrected chi connectivity index (χ4v) is 3.73. The van der Waals surface area contributed by atoms with Gasteiger partial charge in [0.15, 0.2) is 0 Å². The van der Waals surface area contributed by atoms with Crippen LogP contribution in [0.2, 0.25) is 0 Å². The molecule has 0 atom stereocenters. The van der Waals surface area contributed by atoms with E-state index in [9.17, 15) is 9.59 Å². The number of carbonyl (C=O) groups is 2. The number of amides is 1. The lowest BCUT2D eigenvalue weighted by Crippen LogP contribution is -2.13. The van der Waals surface area contributed by atoms with Crippen LogP contribution in [0.25, 0.3) is 0 Å². The molecular formula is C14H15NO3S2. The van der Waals surface area contributed by atoms with Crippen molar-refractivity contribution < 1.29 is 14.3 Å². The maximum Gasteiger partial charge on any atom is 0.341 e. The molecular weight excluding hydrogens is 294 g/mol. The van der Waals surface area contributed by atoms with Gasteiger partial charge in [0.2, 0.25) is 0 Å². The average molecular weight is 309 g/mol. The average Bonchev–Trinajstić information content (AvgIpc) is 3.05. The van der Waals surface area contributed by atoms with E-state index in [4.69, 9.17) is 4.74 Å². The molecule has 106 valence electrons. The predicted molar refractivity (Wildman–Crippen MR) is 82.0 cm³/mol. The molecule has 0 aliphatic heterocycles. The summed E-state index contributed by atoms with van der Waals surface area (Å²) in [4.78, 5) is 25.7. The summed E-state index contributed by atoms with van der Waals surface area (Å²) in [6, 6.07) is 3.57. The van der Waals surface area contributed by atoms with Crippen LogP contribution in [0.5, 0.6) is 0 Å². The largest absolute Gasteiger partial charge is 0.465 e. The number of anilines is 1. The Morgan fingerprint density at radius 2 is 2.15 bits per heavy atom. The minimum Gasteiger partial charge on any atom is -0.465 e. The third-order valence-corrected chi connectivity index (χ3v) is 4.86. The third kappa shape index (κ3) is 2.76. The first-order valence-electron chi connectivity index (χ1n) is 6.13. The number of aryl methyl sites for hydroxylation is 1. The fraction of sp³-hybridized carbons (Fsp3) is 0.286. The van der Waals surface area contributed by atoms with Crippen molar-refractivity contribution in [3.8, 4) is 0 Å². The number of hydrogen-bond acceptors (Lipinski definition) is 5. The highest BCUT2D eigenvalue weighted by Gasteiger charge is 2.23. The van der Waals surface area contributed by atoms with Crippen molar-refractivity contribution in [1.82, 2.24) is 0 Å². The molecule has 0 saturated carbocycles. The number of rotatable bonds is 4. The van der Waals surface area contributed by atoms with E-state index in [0.717, 1.165) is 16.9 Å². The topological polar surface area (TPSA) is 55.4 Å². The molecule has 4 nitrogen and oxygen atoms in total. The smallest absolute Gasteiger partial charge is 0.341 e. The van der Waals surface area contributed by atoms with Crippen LogP contribution in [0, 0.1) is 6.92 Å². The Balaban J connectivity index is 2.36. The summed E-state index contributed by atoms with van der Waals surface area (Å²) in [5.41, 5.74) is 1.41. The Morgan fingerprint density at radius 1 is 1.40 bits per heavy atom. The first kappa shape index (κ1) is 14.7. The molecule has 0 unspecified atom stereocenters. The second-order valence-corrected chi connectivity index (χ2v) is 6.29. The van der Waals surface area contributed by atoms with Gasteiger partial charge >= 0.3 is 5.97 Å². The molecule has 2 aromatic rings. The van der Waals surface area contributed by atoms with Crippen molar-refractivity contribution in [3.63, 3.8) is 0 Å². The minimum absolute atomic E-state index is 0.200. The SMILES string of the molecule is CCc1c(C)sc(NC(=O)c2cccs2)c1C(=O)OC. The predicted octanol–water partition coefficient (Wildman–Crippen LogP) is 3.72. The molecule has 2 rings (SSSR count). The van der Waals surface area contributed by atoms with E-state index in [1.54, 1.807) is 6.07 Å². The molecule has 0 aliphatic rings. The van der Waals surface area contributed by atoms with Crippen LogP contribution in [0.15, 0.2) is 17.5 Å². The van der Waals surface area contributed by atoms with Crippen LogP contribution in [0.4, 0.5) is 5.00 Å². The summed E-state index contributed by atoms with van der Waals surface area (Å²) in [6.45, 7) is 3.92. The van der Waals surface area contributed by atoms with E-state index < -0.39 is 5.97 Å². The van der Waals surface area contributed by atoms with E-state index in [0.29, 0.717) is 15.4 Å². The van der Waals surface area contributed by atoms with E-state index in [1.165, 1.54) is 29.8 Å². The summed E-state index contributed by atoms with van der Waals surface area (Å²) in [7, 11) is 1.35. The first-order chi connectivity index (χ1) is 9.58. The molecule has 0 fully saturated rings. The Bertz CT molecular complexity index is 629. The Kier molecular flexibility index (Phi) is 4.57. The zero-order valence-corrected chi connectivity index (χ0v) is 13.1. The van der Waals surface area contributed by atoms with Gasteiger partial charge in [0.05, 0.1) is 17.6 Å². The molecule has 6 heteroatoms. The van der Waals surface area contributed by atoms with Gasteiger partial charge in [-0.05, 0) is 30.4 Å².